The number of nitrogens with one attached hydrogen (secondary N) is 1. The van der Waals surface area contributed by atoms with Gasteiger partial charge in [0, 0.05) is 13.0 Å². The molecule has 0 aliphatic heterocycles. The van der Waals surface area contributed by atoms with Crippen LogP contribution in [0.5, 0.6) is 0 Å². The standard InChI is InChI=1S/C13H21NO/c1-9(2)5-13(15)14-8-12-7-10-3-4-11(12)6-10/h3-4,9-12H,5-8H2,1-2H3,(H,14,15). The minimum Gasteiger partial charge on any atom is -0.356 e. The first-order valence-corrected chi connectivity index (χ1v) is 6.10. The molecule has 2 aliphatic rings. The molecular formula is C13H21NO. The first-order chi connectivity index (χ1) is 7.15. The maximum Gasteiger partial charge on any atom is 0.220 e. The average Bonchev–Trinajstić information content (AvgIpc) is 2.74. The number of amides is 1. The highest BCUT2D eigenvalue weighted by atomic mass is 16.1. The highest BCUT2D eigenvalue weighted by Gasteiger charge is 2.35. The van der Waals surface area contributed by atoms with E-state index in [4.69, 9.17) is 0 Å². The Hall–Kier alpha value is -0.790. The average molecular weight is 207 g/mol. The molecule has 3 atom stereocenters. The molecule has 15 heavy (non-hydrogen) atoms. The fraction of sp³-hybridized carbons (Fsp3) is 0.769. The van der Waals surface area contributed by atoms with Crippen molar-refractivity contribution in [3.05, 3.63) is 12.2 Å². The number of hydrogen-bond acceptors (Lipinski definition) is 1. The van der Waals surface area contributed by atoms with Gasteiger partial charge in [0.1, 0.15) is 0 Å². The highest BCUT2D eigenvalue weighted by molar-refractivity contribution is 5.76. The molecule has 0 radical (unpaired) electrons. The fourth-order valence-corrected chi connectivity index (χ4v) is 2.82. The summed E-state index contributed by atoms with van der Waals surface area (Å²) in [6.07, 6.45) is 7.95. The molecule has 0 aromatic heterocycles. The molecule has 0 spiro atoms. The summed E-state index contributed by atoms with van der Waals surface area (Å²) in [5.41, 5.74) is 0. The second-order valence-corrected chi connectivity index (χ2v) is 5.44. The SMILES string of the molecule is CC(C)CC(=O)NCC1CC2C=CC1C2. The van der Waals surface area contributed by atoms with Gasteiger partial charge in [0.25, 0.3) is 0 Å². The lowest BCUT2D eigenvalue weighted by molar-refractivity contribution is -0.122. The summed E-state index contributed by atoms with van der Waals surface area (Å²) in [5.74, 6) is 2.94. The van der Waals surface area contributed by atoms with E-state index >= 15 is 0 Å². The van der Waals surface area contributed by atoms with Crippen LogP contribution in [0.15, 0.2) is 12.2 Å². The fourth-order valence-electron chi connectivity index (χ4n) is 2.82. The maximum atomic E-state index is 11.5. The topological polar surface area (TPSA) is 29.1 Å². The van der Waals surface area contributed by atoms with Crippen molar-refractivity contribution in [1.29, 1.82) is 0 Å². The molecule has 0 saturated heterocycles. The van der Waals surface area contributed by atoms with Crippen molar-refractivity contribution >= 4 is 5.91 Å². The monoisotopic (exact) mass is 207 g/mol. The van der Waals surface area contributed by atoms with Crippen LogP contribution in [0.25, 0.3) is 0 Å². The number of fused-ring (bicyclic) bond motifs is 2. The first kappa shape index (κ1) is 10.7. The molecule has 2 aliphatic carbocycles. The van der Waals surface area contributed by atoms with Crippen LogP contribution in [0.3, 0.4) is 0 Å². The van der Waals surface area contributed by atoms with Gasteiger partial charge in [-0.05, 0) is 36.5 Å². The van der Waals surface area contributed by atoms with E-state index in [0.717, 1.165) is 18.4 Å². The van der Waals surface area contributed by atoms with E-state index in [0.29, 0.717) is 18.3 Å². The summed E-state index contributed by atoms with van der Waals surface area (Å²) in [7, 11) is 0. The van der Waals surface area contributed by atoms with Crippen molar-refractivity contribution in [2.75, 3.05) is 6.54 Å². The summed E-state index contributed by atoms with van der Waals surface area (Å²) in [6, 6.07) is 0. The molecule has 1 saturated carbocycles. The molecular weight excluding hydrogens is 186 g/mol. The molecule has 0 heterocycles. The highest BCUT2D eigenvalue weighted by Crippen LogP contribution is 2.42. The third-order valence-corrected chi connectivity index (χ3v) is 3.57. The van der Waals surface area contributed by atoms with Crippen LogP contribution in [0.1, 0.15) is 33.1 Å². The number of allylic oxidation sites excluding steroid dienone is 2. The first-order valence-electron chi connectivity index (χ1n) is 6.10. The van der Waals surface area contributed by atoms with Gasteiger partial charge in [-0.25, -0.2) is 0 Å². The Labute approximate surface area is 92.1 Å². The molecule has 0 aromatic carbocycles. The van der Waals surface area contributed by atoms with Crippen molar-refractivity contribution < 1.29 is 4.79 Å². The number of rotatable bonds is 4. The third-order valence-electron chi connectivity index (χ3n) is 3.57. The van der Waals surface area contributed by atoms with Gasteiger partial charge in [-0.2, -0.15) is 0 Å². The van der Waals surface area contributed by atoms with Crippen LogP contribution in [0.4, 0.5) is 0 Å². The molecule has 2 rings (SSSR count). The van der Waals surface area contributed by atoms with Crippen molar-refractivity contribution in [2.24, 2.45) is 23.7 Å². The zero-order chi connectivity index (χ0) is 10.8. The predicted molar refractivity (Wildman–Crippen MR) is 61.3 cm³/mol. The molecule has 1 amide bonds. The van der Waals surface area contributed by atoms with Gasteiger partial charge in [-0.1, -0.05) is 26.0 Å². The zero-order valence-corrected chi connectivity index (χ0v) is 9.70. The van der Waals surface area contributed by atoms with Crippen molar-refractivity contribution in [1.82, 2.24) is 5.32 Å². The summed E-state index contributed by atoms with van der Waals surface area (Å²) in [4.78, 5) is 11.5. The van der Waals surface area contributed by atoms with Crippen molar-refractivity contribution in [2.45, 2.75) is 33.1 Å². The smallest absolute Gasteiger partial charge is 0.220 e. The third kappa shape index (κ3) is 2.61. The van der Waals surface area contributed by atoms with Gasteiger partial charge in [0.15, 0.2) is 0 Å². The zero-order valence-electron chi connectivity index (χ0n) is 9.70. The van der Waals surface area contributed by atoms with E-state index in [1.54, 1.807) is 0 Å². The van der Waals surface area contributed by atoms with E-state index in [1.807, 2.05) is 0 Å². The van der Waals surface area contributed by atoms with Crippen molar-refractivity contribution in [3.63, 3.8) is 0 Å². The maximum absolute atomic E-state index is 11.5. The normalized spacial score (nSPS) is 32.6. The molecule has 2 heteroatoms. The Morgan fingerprint density at radius 2 is 2.20 bits per heavy atom. The second kappa shape index (κ2) is 4.38. The van der Waals surface area contributed by atoms with Crippen molar-refractivity contribution in [3.8, 4) is 0 Å². The molecule has 0 aromatic rings. The Balaban J connectivity index is 1.70. The lowest BCUT2D eigenvalue weighted by Crippen LogP contribution is -2.31. The van der Waals surface area contributed by atoms with Crippen LogP contribution in [-0.4, -0.2) is 12.5 Å². The van der Waals surface area contributed by atoms with Gasteiger partial charge in [0.05, 0.1) is 0 Å². The lowest BCUT2D eigenvalue weighted by Gasteiger charge is -2.18. The quantitative estimate of drug-likeness (QED) is 0.704. The molecule has 1 fully saturated rings. The Morgan fingerprint density at radius 1 is 1.40 bits per heavy atom. The molecule has 1 N–H and O–H groups in total. The van der Waals surface area contributed by atoms with Gasteiger partial charge in [-0.15, -0.1) is 0 Å². The van der Waals surface area contributed by atoms with E-state index < -0.39 is 0 Å². The van der Waals surface area contributed by atoms with E-state index in [-0.39, 0.29) is 5.91 Å². The Morgan fingerprint density at radius 3 is 2.73 bits per heavy atom. The number of carbonyl (C=O) groups excluding carboxylic acids is 1. The lowest BCUT2D eigenvalue weighted by atomic mass is 9.93. The minimum absolute atomic E-state index is 0.219. The summed E-state index contributed by atoms with van der Waals surface area (Å²) < 4.78 is 0. The molecule has 2 nitrogen and oxygen atoms in total. The van der Waals surface area contributed by atoms with Gasteiger partial charge in [-0.3, -0.25) is 4.79 Å². The molecule has 3 unspecified atom stereocenters. The van der Waals surface area contributed by atoms with E-state index in [9.17, 15) is 4.79 Å². The summed E-state index contributed by atoms with van der Waals surface area (Å²) >= 11 is 0. The van der Waals surface area contributed by atoms with Gasteiger partial charge < -0.3 is 5.32 Å². The summed E-state index contributed by atoms with van der Waals surface area (Å²) in [6.45, 7) is 5.05. The van der Waals surface area contributed by atoms with Crippen LogP contribution in [-0.2, 0) is 4.79 Å². The second-order valence-electron chi connectivity index (χ2n) is 5.44. The Kier molecular flexibility index (Phi) is 3.13. The molecule has 84 valence electrons. The number of carbonyl (C=O) groups is 1. The van der Waals surface area contributed by atoms with E-state index in [1.165, 1.54) is 12.8 Å². The summed E-state index contributed by atoms with van der Waals surface area (Å²) in [5, 5.41) is 3.07. The van der Waals surface area contributed by atoms with Gasteiger partial charge in [0.2, 0.25) is 5.91 Å². The van der Waals surface area contributed by atoms with Crippen LogP contribution >= 0.6 is 0 Å². The van der Waals surface area contributed by atoms with Crippen LogP contribution in [0.2, 0.25) is 0 Å². The van der Waals surface area contributed by atoms with Crippen LogP contribution < -0.4 is 5.32 Å². The van der Waals surface area contributed by atoms with E-state index in [2.05, 4.69) is 31.3 Å². The number of hydrogen-bond donors (Lipinski definition) is 1. The Bertz CT molecular complexity index is 270. The minimum atomic E-state index is 0.219. The van der Waals surface area contributed by atoms with Gasteiger partial charge >= 0.3 is 0 Å². The van der Waals surface area contributed by atoms with Crippen LogP contribution in [0, 0.1) is 23.7 Å². The predicted octanol–water partition coefficient (Wildman–Crippen LogP) is 2.36. The largest absolute Gasteiger partial charge is 0.356 e. The molecule has 2 bridgehead atoms.